The molecule has 0 fully saturated rings. The minimum atomic E-state index is 0. The third-order valence-electron chi connectivity index (χ3n) is 5.01. The van der Waals surface area contributed by atoms with Crippen molar-refractivity contribution in [1.82, 2.24) is 0 Å². The van der Waals surface area contributed by atoms with Crippen molar-refractivity contribution in [3.05, 3.63) is 64.1 Å². The summed E-state index contributed by atoms with van der Waals surface area (Å²) in [5, 5.41) is 0. The van der Waals surface area contributed by atoms with Crippen molar-refractivity contribution in [1.29, 1.82) is 0 Å². The Morgan fingerprint density at radius 3 is 1.21 bits per heavy atom. The molecule has 3 rings (SSSR count). The summed E-state index contributed by atoms with van der Waals surface area (Å²) < 4.78 is 0. The zero-order valence-corrected chi connectivity index (χ0v) is 18.8. The predicted octanol–water partition coefficient (Wildman–Crippen LogP) is 6.48. The standard InChI is InChI=1S/C23H29.Zr/c1-14-9-16-11-17-10-15(2)21(23(6,7)8)13-19(17)18(16)12-20(14)22(3,4)5;/h9-13H,1-8H3;. The van der Waals surface area contributed by atoms with E-state index in [0.29, 0.717) is 0 Å². The molecule has 0 spiro atoms. The molecule has 0 heterocycles. The topological polar surface area (TPSA) is 0 Å². The van der Waals surface area contributed by atoms with Crippen LogP contribution in [0, 0.1) is 20.3 Å². The van der Waals surface area contributed by atoms with Gasteiger partial charge in [-0.3, -0.25) is 0 Å². The van der Waals surface area contributed by atoms with Crippen LogP contribution in [0.1, 0.15) is 74.9 Å². The Morgan fingerprint density at radius 1 is 0.583 bits per heavy atom. The van der Waals surface area contributed by atoms with Crippen molar-refractivity contribution < 1.29 is 26.2 Å². The predicted molar refractivity (Wildman–Crippen MR) is 101 cm³/mol. The van der Waals surface area contributed by atoms with E-state index in [1.54, 1.807) is 0 Å². The van der Waals surface area contributed by atoms with Crippen molar-refractivity contribution in [2.24, 2.45) is 0 Å². The van der Waals surface area contributed by atoms with Crippen molar-refractivity contribution >= 4 is 0 Å². The van der Waals surface area contributed by atoms with Gasteiger partial charge in [-0.2, -0.15) is 0 Å². The number of fused-ring (bicyclic) bond motifs is 3. The molecule has 0 nitrogen and oxygen atoms in total. The summed E-state index contributed by atoms with van der Waals surface area (Å²) in [6.07, 6.45) is 2.35. The van der Waals surface area contributed by atoms with E-state index in [0.717, 1.165) is 0 Å². The molecule has 1 heteroatoms. The molecule has 0 aliphatic heterocycles. The van der Waals surface area contributed by atoms with Gasteiger partial charge in [0.15, 0.2) is 0 Å². The summed E-state index contributed by atoms with van der Waals surface area (Å²) in [6.45, 7) is 18.3. The van der Waals surface area contributed by atoms with Crippen LogP contribution in [0.4, 0.5) is 0 Å². The summed E-state index contributed by atoms with van der Waals surface area (Å²) in [5.74, 6) is 0. The molecule has 0 N–H and O–H groups in total. The van der Waals surface area contributed by atoms with Crippen LogP contribution < -0.4 is 0 Å². The molecule has 24 heavy (non-hydrogen) atoms. The maximum atomic E-state index is 2.43. The van der Waals surface area contributed by atoms with E-state index in [2.05, 4.69) is 86.1 Å². The molecule has 0 saturated heterocycles. The molecule has 2 aromatic rings. The zero-order valence-electron chi connectivity index (χ0n) is 16.4. The first-order chi connectivity index (χ1) is 10.5. The summed E-state index contributed by atoms with van der Waals surface area (Å²) in [6, 6.07) is 9.58. The van der Waals surface area contributed by atoms with Gasteiger partial charge in [0, 0.05) is 32.6 Å². The van der Waals surface area contributed by atoms with Crippen LogP contribution in [0.25, 0.3) is 11.1 Å². The summed E-state index contributed by atoms with van der Waals surface area (Å²) in [5.41, 5.74) is 11.6. The van der Waals surface area contributed by atoms with Crippen LogP contribution in [0.3, 0.4) is 0 Å². The van der Waals surface area contributed by atoms with E-state index in [4.69, 9.17) is 0 Å². The quantitative estimate of drug-likeness (QED) is 0.408. The fraction of sp³-hybridized carbons (Fsp3) is 0.435. The Morgan fingerprint density at radius 2 is 0.917 bits per heavy atom. The molecule has 125 valence electrons. The van der Waals surface area contributed by atoms with Gasteiger partial charge in [-0.1, -0.05) is 65.8 Å². The Hall–Kier alpha value is -0.677. The molecule has 0 saturated carbocycles. The molecule has 1 aliphatic rings. The largest absolute Gasteiger partial charge is 0.0561 e. The molecule has 0 aromatic heterocycles. The Balaban J connectivity index is 0.00000208. The van der Waals surface area contributed by atoms with Crippen LogP contribution in [-0.4, -0.2) is 0 Å². The van der Waals surface area contributed by atoms with Gasteiger partial charge >= 0.3 is 0 Å². The van der Waals surface area contributed by atoms with E-state index in [9.17, 15) is 0 Å². The van der Waals surface area contributed by atoms with Gasteiger partial charge in [-0.25, -0.2) is 0 Å². The second-order valence-corrected chi connectivity index (χ2v) is 9.15. The average molecular weight is 397 g/mol. The zero-order chi connectivity index (χ0) is 17.2. The maximum absolute atomic E-state index is 2.43. The smallest absolute Gasteiger partial charge is 0.0212 e. The molecular formula is C23H29Zr. The van der Waals surface area contributed by atoms with Crippen LogP contribution in [0.5, 0.6) is 0 Å². The first kappa shape index (κ1) is 19.6. The van der Waals surface area contributed by atoms with Gasteiger partial charge in [0.25, 0.3) is 0 Å². The molecule has 0 atom stereocenters. The Kier molecular flexibility index (Phi) is 5.11. The van der Waals surface area contributed by atoms with Gasteiger partial charge in [0.05, 0.1) is 0 Å². The van der Waals surface area contributed by atoms with Crippen LogP contribution in [0.2, 0.25) is 0 Å². The second-order valence-electron chi connectivity index (χ2n) is 9.15. The molecule has 2 aromatic carbocycles. The normalized spacial score (nSPS) is 13.3. The van der Waals surface area contributed by atoms with Gasteiger partial charge in [0.1, 0.15) is 0 Å². The van der Waals surface area contributed by atoms with Gasteiger partial charge in [0.2, 0.25) is 0 Å². The van der Waals surface area contributed by atoms with Crippen LogP contribution in [0.15, 0.2) is 24.3 Å². The number of benzene rings is 2. The molecular weight excluding hydrogens is 367 g/mol. The number of hydrogen-bond acceptors (Lipinski definition) is 0. The van der Waals surface area contributed by atoms with Crippen molar-refractivity contribution in [2.75, 3.05) is 0 Å². The number of rotatable bonds is 0. The van der Waals surface area contributed by atoms with Gasteiger partial charge in [-0.15, -0.1) is 0 Å². The number of aryl methyl sites for hydroxylation is 2. The molecule has 0 bridgehead atoms. The fourth-order valence-electron chi connectivity index (χ4n) is 3.95. The van der Waals surface area contributed by atoms with Gasteiger partial charge in [-0.05, 0) is 69.2 Å². The molecule has 1 radical (unpaired) electrons. The van der Waals surface area contributed by atoms with E-state index < -0.39 is 0 Å². The SMILES string of the molecule is Cc1cc2c(cc1C(C)(C)C)-c1cc(C(C)(C)C)c(C)cc1[CH]2.[Zr]. The monoisotopic (exact) mass is 395 g/mol. The van der Waals surface area contributed by atoms with Crippen molar-refractivity contribution in [2.45, 2.75) is 66.2 Å². The minimum absolute atomic E-state index is 0. The van der Waals surface area contributed by atoms with Gasteiger partial charge < -0.3 is 0 Å². The Labute approximate surface area is 167 Å². The van der Waals surface area contributed by atoms with Crippen molar-refractivity contribution in [3.8, 4) is 11.1 Å². The van der Waals surface area contributed by atoms with Crippen LogP contribution in [-0.2, 0) is 37.0 Å². The first-order valence-electron chi connectivity index (χ1n) is 8.64. The number of hydrogen-bond donors (Lipinski definition) is 0. The summed E-state index contributed by atoms with van der Waals surface area (Å²) in [4.78, 5) is 0. The molecule has 0 unspecified atom stereocenters. The van der Waals surface area contributed by atoms with Crippen LogP contribution >= 0.6 is 0 Å². The second kappa shape index (κ2) is 6.24. The maximum Gasteiger partial charge on any atom is 0.0212 e. The Bertz CT molecular complexity index is 716. The molecule has 0 amide bonds. The molecule has 1 aliphatic carbocycles. The summed E-state index contributed by atoms with van der Waals surface area (Å²) in [7, 11) is 0. The van der Waals surface area contributed by atoms with E-state index in [1.807, 2.05) is 0 Å². The fourth-order valence-corrected chi connectivity index (χ4v) is 3.95. The summed E-state index contributed by atoms with van der Waals surface area (Å²) >= 11 is 0. The third kappa shape index (κ3) is 3.34. The van der Waals surface area contributed by atoms with Crippen molar-refractivity contribution in [3.63, 3.8) is 0 Å². The van der Waals surface area contributed by atoms with E-state index >= 15 is 0 Å². The first-order valence-corrected chi connectivity index (χ1v) is 8.64. The third-order valence-corrected chi connectivity index (χ3v) is 5.01. The minimum Gasteiger partial charge on any atom is -0.0561 e. The average Bonchev–Trinajstić information content (AvgIpc) is 2.70. The van der Waals surface area contributed by atoms with E-state index in [1.165, 1.54) is 44.5 Å². The van der Waals surface area contributed by atoms with E-state index in [-0.39, 0.29) is 37.0 Å².